The second-order valence-electron chi connectivity index (χ2n) is 7.52. The van der Waals surface area contributed by atoms with Crippen LogP contribution in [0.3, 0.4) is 0 Å². The molecule has 0 atom stereocenters. The van der Waals surface area contributed by atoms with Crippen LogP contribution < -0.4 is 10.2 Å². The minimum absolute atomic E-state index is 0. The summed E-state index contributed by atoms with van der Waals surface area (Å²) in [5, 5.41) is 23.6. The molecule has 0 saturated carbocycles. The zero-order valence-electron chi connectivity index (χ0n) is 19.2. The Hall–Kier alpha value is -1.77. The Kier molecular flexibility index (Phi) is 13.8. The Morgan fingerprint density at radius 1 is 0.568 bits per heavy atom. The maximum Gasteiger partial charge on any atom is 2.00 e. The van der Waals surface area contributed by atoms with Crippen LogP contribution in [-0.2, 0) is 29.6 Å². The monoisotopic (exact) mass is 790 g/mol. The molecule has 0 N–H and O–H groups in total. The van der Waals surface area contributed by atoms with Crippen molar-refractivity contribution < 1.29 is 26.7 Å². The molecule has 0 heterocycles. The van der Waals surface area contributed by atoms with Gasteiger partial charge in [0.2, 0.25) is 0 Å². The molecule has 0 saturated heterocycles. The first-order valence-electron chi connectivity index (χ1n) is 10.7. The van der Waals surface area contributed by atoms with Crippen molar-refractivity contribution in [1.82, 2.24) is 0 Å². The van der Waals surface area contributed by atoms with Crippen molar-refractivity contribution in [3.8, 4) is 11.5 Å². The van der Waals surface area contributed by atoms with E-state index in [1.165, 1.54) is 0 Å². The molecule has 0 amide bonds. The Balaban J connectivity index is 0.000000253. The minimum atomic E-state index is -0.0463. The van der Waals surface area contributed by atoms with Gasteiger partial charge in [-0.1, -0.05) is 136 Å². The smallest absolute Gasteiger partial charge is 0.871 e. The van der Waals surface area contributed by atoms with Crippen LogP contribution in [0.25, 0.3) is 0 Å². The summed E-state index contributed by atoms with van der Waals surface area (Å²) in [7, 11) is 0. The Morgan fingerprint density at radius 2 is 0.919 bits per heavy atom. The molecule has 4 nitrogen and oxygen atoms in total. The molecular weight excluding hydrogens is 775 g/mol. The quantitative estimate of drug-likeness (QED) is 0.148. The van der Waals surface area contributed by atoms with Crippen molar-refractivity contribution >= 4 is 76.1 Å². The molecule has 0 unspecified atom stereocenters. The molecular formula is C28H20Br4N2NiO2. The number of aliphatic imine (C=N–C) groups is 2. The van der Waals surface area contributed by atoms with Gasteiger partial charge in [0.1, 0.15) is 0 Å². The van der Waals surface area contributed by atoms with Crippen LogP contribution in [0.5, 0.6) is 11.5 Å². The van der Waals surface area contributed by atoms with E-state index in [0.717, 1.165) is 20.1 Å². The van der Waals surface area contributed by atoms with Crippen LogP contribution in [-0.4, -0.2) is 12.4 Å². The maximum absolute atomic E-state index is 11.8. The number of nitrogens with zero attached hydrogens (tertiary/aromatic N) is 2. The van der Waals surface area contributed by atoms with Crippen molar-refractivity contribution in [1.29, 1.82) is 0 Å². The maximum atomic E-state index is 11.8. The van der Waals surface area contributed by atoms with E-state index in [0.29, 0.717) is 33.2 Å². The molecule has 0 fully saturated rings. The predicted octanol–water partition coefficient (Wildman–Crippen LogP) is 7.81. The van der Waals surface area contributed by atoms with Gasteiger partial charge >= 0.3 is 16.5 Å². The fraction of sp³-hybridized carbons (Fsp3) is 0.0714. The molecule has 9 heteroatoms. The van der Waals surface area contributed by atoms with Gasteiger partial charge in [-0.15, -0.1) is 0 Å². The van der Waals surface area contributed by atoms with Gasteiger partial charge < -0.3 is 10.2 Å². The van der Waals surface area contributed by atoms with Crippen LogP contribution in [0, 0.1) is 0 Å². The third kappa shape index (κ3) is 10.5. The topological polar surface area (TPSA) is 70.8 Å². The Labute approximate surface area is 260 Å². The van der Waals surface area contributed by atoms with Crippen LogP contribution in [0.4, 0.5) is 0 Å². The zero-order chi connectivity index (χ0) is 25.9. The van der Waals surface area contributed by atoms with E-state index >= 15 is 0 Å². The average molecular weight is 795 g/mol. The van der Waals surface area contributed by atoms with Crippen molar-refractivity contribution in [3.63, 3.8) is 0 Å². The minimum Gasteiger partial charge on any atom is -0.871 e. The van der Waals surface area contributed by atoms with Gasteiger partial charge in [-0.3, -0.25) is 9.98 Å². The SMILES string of the molecule is [Ni+2].[O-]c1c(Br)cc(Br)cc1C=NCc1ccccc1.[O-]c1c(Br)cc(Br)cc1C=NCc1ccccc1. The van der Waals surface area contributed by atoms with E-state index in [-0.39, 0.29) is 28.0 Å². The number of hydrogen-bond donors (Lipinski definition) is 0. The van der Waals surface area contributed by atoms with Gasteiger partial charge in [0.15, 0.2) is 0 Å². The second kappa shape index (κ2) is 16.3. The molecule has 0 aliphatic rings. The Bertz CT molecular complexity index is 1250. The number of rotatable bonds is 6. The van der Waals surface area contributed by atoms with Crippen LogP contribution in [0.2, 0.25) is 0 Å². The van der Waals surface area contributed by atoms with Gasteiger partial charge in [0.05, 0.1) is 13.1 Å². The normalized spacial score (nSPS) is 10.7. The summed E-state index contributed by atoms with van der Waals surface area (Å²) in [5.74, 6) is -0.0926. The van der Waals surface area contributed by atoms with Gasteiger partial charge in [-0.2, -0.15) is 0 Å². The fourth-order valence-electron chi connectivity index (χ4n) is 3.02. The standard InChI is InChI=1S/2C14H11Br2NO.Ni/c2*15-12-6-11(14(18)13(16)7-12)9-17-8-10-4-2-1-3-5-10;/h2*1-7,9,18H,8H2;/q;;+2/p-2. The largest absolute Gasteiger partial charge is 2.00 e. The molecule has 0 bridgehead atoms. The Morgan fingerprint density at radius 3 is 1.27 bits per heavy atom. The van der Waals surface area contributed by atoms with Gasteiger partial charge in [-0.05, 0) is 46.5 Å². The molecule has 4 aromatic carbocycles. The molecule has 0 aliphatic heterocycles. The summed E-state index contributed by atoms with van der Waals surface area (Å²) in [6.07, 6.45) is 3.23. The number of halogens is 4. The molecule has 0 spiro atoms. The zero-order valence-corrected chi connectivity index (χ0v) is 26.5. The molecule has 4 rings (SSSR count). The van der Waals surface area contributed by atoms with E-state index in [4.69, 9.17) is 0 Å². The van der Waals surface area contributed by atoms with Crippen molar-refractivity contribution in [2.45, 2.75) is 13.1 Å². The third-order valence-electron chi connectivity index (χ3n) is 4.77. The molecule has 0 aliphatic carbocycles. The summed E-state index contributed by atoms with van der Waals surface area (Å²) in [5.41, 5.74) is 3.39. The van der Waals surface area contributed by atoms with Crippen LogP contribution >= 0.6 is 63.7 Å². The van der Waals surface area contributed by atoms with Gasteiger partial charge in [0, 0.05) is 30.3 Å². The van der Waals surface area contributed by atoms with E-state index in [1.807, 2.05) is 60.7 Å². The summed E-state index contributed by atoms with van der Waals surface area (Å²) in [6, 6.07) is 26.8. The van der Waals surface area contributed by atoms with Crippen molar-refractivity contribution in [2.75, 3.05) is 0 Å². The summed E-state index contributed by atoms with van der Waals surface area (Å²) < 4.78 is 2.79. The summed E-state index contributed by atoms with van der Waals surface area (Å²) >= 11 is 13.2. The number of hydrogen-bond acceptors (Lipinski definition) is 4. The number of benzene rings is 4. The van der Waals surface area contributed by atoms with Crippen LogP contribution in [0.1, 0.15) is 22.3 Å². The van der Waals surface area contributed by atoms with E-state index in [9.17, 15) is 10.2 Å². The molecule has 4 aromatic rings. The first kappa shape index (κ1) is 31.5. The fourth-order valence-corrected chi connectivity index (χ4v) is 5.53. The van der Waals surface area contributed by atoms with Gasteiger partial charge in [0.25, 0.3) is 0 Å². The predicted molar refractivity (Wildman–Crippen MR) is 158 cm³/mol. The van der Waals surface area contributed by atoms with Crippen molar-refractivity contribution in [2.24, 2.45) is 9.98 Å². The van der Waals surface area contributed by atoms with E-state index in [1.54, 1.807) is 36.7 Å². The molecule has 192 valence electrons. The van der Waals surface area contributed by atoms with Crippen molar-refractivity contribution in [3.05, 3.63) is 125 Å². The first-order chi connectivity index (χ1) is 17.3. The van der Waals surface area contributed by atoms with Gasteiger partial charge in [-0.25, -0.2) is 0 Å². The first-order valence-corrected chi connectivity index (χ1v) is 13.9. The van der Waals surface area contributed by atoms with E-state index < -0.39 is 0 Å². The summed E-state index contributed by atoms with van der Waals surface area (Å²) in [6.45, 7) is 1.15. The third-order valence-corrected chi connectivity index (χ3v) is 6.86. The second-order valence-corrected chi connectivity index (χ2v) is 11.1. The summed E-state index contributed by atoms with van der Waals surface area (Å²) in [4.78, 5) is 8.58. The molecule has 0 aromatic heterocycles. The van der Waals surface area contributed by atoms with Crippen LogP contribution in [0.15, 0.2) is 113 Å². The molecule has 37 heavy (non-hydrogen) atoms. The average Bonchev–Trinajstić information content (AvgIpc) is 2.87. The van der Waals surface area contributed by atoms with E-state index in [2.05, 4.69) is 73.7 Å². The molecule has 0 radical (unpaired) electrons.